The van der Waals surface area contributed by atoms with Crippen molar-refractivity contribution in [1.29, 1.82) is 0 Å². The number of hydrogen-bond acceptors (Lipinski definition) is 5. The largest absolute Gasteiger partial charge is 0.484 e. The summed E-state index contributed by atoms with van der Waals surface area (Å²) in [5.41, 5.74) is 2.71. The number of anilines is 2. The molecule has 0 bridgehead atoms. The molecular weight excluding hydrogens is 383 g/mol. The maximum absolute atomic E-state index is 12.9. The van der Waals surface area contributed by atoms with Gasteiger partial charge in [0.2, 0.25) is 0 Å². The number of halogens is 1. The van der Waals surface area contributed by atoms with E-state index in [0.29, 0.717) is 11.4 Å². The minimum Gasteiger partial charge on any atom is -0.484 e. The molecule has 1 aliphatic rings. The van der Waals surface area contributed by atoms with E-state index in [1.807, 2.05) is 18.2 Å². The molecule has 1 aromatic heterocycles. The molecule has 0 saturated carbocycles. The number of hydrogen-bond donors (Lipinski definition) is 1. The molecule has 6 nitrogen and oxygen atoms in total. The first-order valence-electron chi connectivity index (χ1n) is 10.0. The Labute approximate surface area is 175 Å². The Kier molecular flexibility index (Phi) is 5.81. The number of aromatic nitrogens is 1. The molecule has 30 heavy (non-hydrogen) atoms. The summed E-state index contributed by atoms with van der Waals surface area (Å²) in [5, 5.41) is 3.85. The number of nitrogens with zero attached hydrogens (tertiary/aromatic N) is 3. The maximum Gasteiger partial charge on any atom is 0.262 e. The number of rotatable bonds is 5. The molecule has 0 aliphatic carbocycles. The van der Waals surface area contributed by atoms with Crippen LogP contribution in [0.2, 0.25) is 0 Å². The van der Waals surface area contributed by atoms with Crippen LogP contribution in [0.5, 0.6) is 5.75 Å². The Morgan fingerprint density at radius 3 is 2.57 bits per heavy atom. The smallest absolute Gasteiger partial charge is 0.262 e. The molecule has 0 radical (unpaired) electrons. The zero-order valence-electron chi connectivity index (χ0n) is 17.2. The van der Waals surface area contributed by atoms with E-state index in [1.165, 1.54) is 24.3 Å². The molecule has 3 aromatic rings. The molecule has 0 atom stereocenters. The van der Waals surface area contributed by atoms with Crippen LogP contribution in [0.15, 0.2) is 48.5 Å². The van der Waals surface area contributed by atoms with E-state index in [0.717, 1.165) is 48.5 Å². The van der Waals surface area contributed by atoms with Crippen LogP contribution < -0.4 is 15.0 Å². The van der Waals surface area contributed by atoms with Crippen LogP contribution in [0.3, 0.4) is 0 Å². The zero-order valence-corrected chi connectivity index (χ0v) is 17.2. The average molecular weight is 408 g/mol. The van der Waals surface area contributed by atoms with Crippen molar-refractivity contribution in [1.82, 2.24) is 9.88 Å². The third kappa shape index (κ3) is 4.68. The average Bonchev–Trinajstić information content (AvgIpc) is 2.74. The standard InChI is InChI=1S/C23H25FN4O2/c1-16-13-22(28-11-9-27(2)10-12-28)26-21-8-5-18(14-20(16)21)25-23(29)15-30-19-6-3-17(24)4-7-19/h3-8,13-14H,9-12,15H2,1-2H3,(H,25,29). The van der Waals surface area contributed by atoms with E-state index < -0.39 is 0 Å². The lowest BCUT2D eigenvalue weighted by Crippen LogP contribution is -2.44. The van der Waals surface area contributed by atoms with Crippen molar-refractivity contribution in [2.24, 2.45) is 0 Å². The number of nitrogens with one attached hydrogen (secondary N) is 1. The van der Waals surface area contributed by atoms with Gasteiger partial charge in [0.1, 0.15) is 17.4 Å². The van der Waals surface area contributed by atoms with Gasteiger partial charge < -0.3 is 19.9 Å². The summed E-state index contributed by atoms with van der Waals surface area (Å²) in [6, 6.07) is 13.4. The van der Waals surface area contributed by atoms with E-state index >= 15 is 0 Å². The van der Waals surface area contributed by atoms with E-state index in [-0.39, 0.29) is 18.3 Å². The lowest BCUT2D eigenvalue weighted by Gasteiger charge is -2.33. The van der Waals surface area contributed by atoms with Gasteiger partial charge in [-0.05, 0) is 68.1 Å². The number of ether oxygens (including phenoxy) is 1. The second-order valence-corrected chi connectivity index (χ2v) is 7.61. The highest BCUT2D eigenvalue weighted by Crippen LogP contribution is 2.26. The number of amides is 1. The zero-order chi connectivity index (χ0) is 21.1. The monoisotopic (exact) mass is 408 g/mol. The highest BCUT2D eigenvalue weighted by atomic mass is 19.1. The molecule has 2 aromatic carbocycles. The van der Waals surface area contributed by atoms with Gasteiger partial charge in [0, 0.05) is 37.3 Å². The molecular formula is C23H25FN4O2. The number of carbonyl (C=O) groups is 1. The Balaban J connectivity index is 1.43. The van der Waals surface area contributed by atoms with Gasteiger partial charge in [0.15, 0.2) is 6.61 Å². The topological polar surface area (TPSA) is 57.7 Å². The molecule has 1 amide bonds. The number of pyridine rings is 1. The number of benzene rings is 2. The van der Waals surface area contributed by atoms with Crippen molar-refractivity contribution in [2.75, 3.05) is 50.1 Å². The summed E-state index contributed by atoms with van der Waals surface area (Å²) in [6.45, 7) is 5.91. The molecule has 4 rings (SSSR count). The van der Waals surface area contributed by atoms with Gasteiger partial charge in [0.25, 0.3) is 5.91 Å². The van der Waals surface area contributed by atoms with Crippen LogP contribution in [0.1, 0.15) is 5.56 Å². The van der Waals surface area contributed by atoms with E-state index in [4.69, 9.17) is 9.72 Å². The number of likely N-dealkylation sites (N-methyl/N-ethyl adjacent to an activating group) is 1. The molecule has 0 unspecified atom stereocenters. The molecule has 1 fully saturated rings. The second-order valence-electron chi connectivity index (χ2n) is 7.61. The van der Waals surface area contributed by atoms with Crippen LogP contribution in [0, 0.1) is 12.7 Å². The minimum absolute atomic E-state index is 0.150. The predicted molar refractivity (Wildman–Crippen MR) is 117 cm³/mol. The first kappa shape index (κ1) is 20.1. The van der Waals surface area contributed by atoms with Crippen molar-refractivity contribution in [2.45, 2.75) is 6.92 Å². The predicted octanol–water partition coefficient (Wildman–Crippen LogP) is 3.45. The first-order chi connectivity index (χ1) is 14.5. The van der Waals surface area contributed by atoms with E-state index in [2.05, 4.69) is 35.2 Å². The summed E-state index contributed by atoms with van der Waals surface area (Å²) in [4.78, 5) is 21.7. The molecule has 156 valence electrons. The van der Waals surface area contributed by atoms with Gasteiger partial charge in [0.05, 0.1) is 5.52 Å². The third-order valence-corrected chi connectivity index (χ3v) is 5.30. The minimum atomic E-state index is -0.345. The fourth-order valence-corrected chi connectivity index (χ4v) is 3.53. The molecule has 1 N–H and O–H groups in total. The highest BCUT2D eigenvalue weighted by Gasteiger charge is 2.16. The Bertz CT molecular complexity index is 1050. The lowest BCUT2D eigenvalue weighted by molar-refractivity contribution is -0.118. The maximum atomic E-state index is 12.9. The molecule has 7 heteroatoms. The second kappa shape index (κ2) is 8.67. The Morgan fingerprint density at radius 1 is 1.10 bits per heavy atom. The van der Waals surface area contributed by atoms with Crippen molar-refractivity contribution in [3.63, 3.8) is 0 Å². The fourth-order valence-electron chi connectivity index (χ4n) is 3.53. The summed E-state index contributed by atoms with van der Waals surface area (Å²) in [6.07, 6.45) is 0. The Hall–Kier alpha value is -3.19. The number of piperazine rings is 1. The van der Waals surface area contributed by atoms with Crippen LogP contribution in [-0.4, -0.2) is 55.6 Å². The van der Waals surface area contributed by atoms with Crippen molar-refractivity contribution in [3.8, 4) is 5.75 Å². The van der Waals surface area contributed by atoms with Crippen LogP contribution in [0.4, 0.5) is 15.9 Å². The van der Waals surface area contributed by atoms with E-state index in [9.17, 15) is 9.18 Å². The van der Waals surface area contributed by atoms with Crippen molar-refractivity contribution < 1.29 is 13.9 Å². The van der Waals surface area contributed by atoms with Gasteiger partial charge >= 0.3 is 0 Å². The number of carbonyl (C=O) groups excluding carboxylic acids is 1. The van der Waals surface area contributed by atoms with Gasteiger partial charge in [-0.15, -0.1) is 0 Å². The number of fused-ring (bicyclic) bond motifs is 1. The highest BCUT2D eigenvalue weighted by molar-refractivity contribution is 5.95. The molecule has 1 aliphatic heterocycles. The Morgan fingerprint density at radius 2 is 1.83 bits per heavy atom. The lowest BCUT2D eigenvalue weighted by atomic mass is 10.1. The van der Waals surface area contributed by atoms with E-state index in [1.54, 1.807) is 0 Å². The van der Waals surface area contributed by atoms with Crippen molar-refractivity contribution >= 4 is 28.3 Å². The number of aryl methyl sites for hydroxylation is 1. The first-order valence-corrected chi connectivity index (χ1v) is 10.0. The summed E-state index contributed by atoms with van der Waals surface area (Å²) in [7, 11) is 2.14. The van der Waals surface area contributed by atoms with Gasteiger partial charge in [-0.25, -0.2) is 9.37 Å². The van der Waals surface area contributed by atoms with Crippen molar-refractivity contribution in [3.05, 3.63) is 59.9 Å². The van der Waals surface area contributed by atoms with Gasteiger partial charge in [-0.2, -0.15) is 0 Å². The van der Waals surface area contributed by atoms with Crippen LogP contribution >= 0.6 is 0 Å². The molecule has 1 saturated heterocycles. The van der Waals surface area contributed by atoms with Gasteiger partial charge in [-0.3, -0.25) is 4.79 Å². The third-order valence-electron chi connectivity index (χ3n) is 5.30. The van der Waals surface area contributed by atoms with Crippen LogP contribution in [0.25, 0.3) is 10.9 Å². The summed E-state index contributed by atoms with van der Waals surface area (Å²) in [5.74, 6) is 0.820. The quantitative estimate of drug-likeness (QED) is 0.701. The normalized spacial score (nSPS) is 14.7. The summed E-state index contributed by atoms with van der Waals surface area (Å²) < 4.78 is 18.3. The van der Waals surface area contributed by atoms with Gasteiger partial charge in [-0.1, -0.05) is 0 Å². The summed E-state index contributed by atoms with van der Waals surface area (Å²) >= 11 is 0. The molecule has 0 spiro atoms. The van der Waals surface area contributed by atoms with Crippen LogP contribution in [-0.2, 0) is 4.79 Å². The SMILES string of the molecule is Cc1cc(N2CCN(C)CC2)nc2ccc(NC(=O)COc3ccc(F)cc3)cc12. The molecule has 2 heterocycles. The fraction of sp³-hybridized carbons (Fsp3) is 0.304.